The first-order chi connectivity index (χ1) is 13.1. The molecule has 1 N–H and O–H groups in total. The first-order valence-corrected chi connectivity index (χ1v) is 9.09. The smallest absolute Gasteiger partial charge is 0.139 e. The number of rotatable bonds is 4. The predicted molar refractivity (Wildman–Crippen MR) is 104 cm³/mol. The van der Waals surface area contributed by atoms with E-state index in [1.807, 2.05) is 16.8 Å². The van der Waals surface area contributed by atoms with Crippen LogP contribution in [-0.4, -0.2) is 34.7 Å². The van der Waals surface area contributed by atoms with Crippen LogP contribution >= 0.6 is 0 Å². The van der Waals surface area contributed by atoms with Gasteiger partial charge in [0.25, 0.3) is 0 Å². The Hall–Kier alpha value is -3.04. The summed E-state index contributed by atoms with van der Waals surface area (Å²) in [6.07, 6.45) is 5.15. The van der Waals surface area contributed by atoms with E-state index in [9.17, 15) is 10.4 Å². The van der Waals surface area contributed by atoms with Gasteiger partial charge in [0, 0.05) is 42.8 Å². The maximum Gasteiger partial charge on any atom is 0.139 e. The topological polar surface area (TPSA) is 73.8 Å². The average molecular weight is 362 g/mol. The number of nitrogens with zero attached hydrogens (tertiary/aromatic N) is 4. The van der Waals surface area contributed by atoms with Crippen molar-refractivity contribution in [2.24, 2.45) is 5.92 Å². The van der Waals surface area contributed by atoms with Crippen LogP contribution in [0.15, 0.2) is 36.7 Å². The third kappa shape index (κ3) is 3.11. The van der Waals surface area contributed by atoms with Crippen LogP contribution in [0.2, 0.25) is 0 Å². The second kappa shape index (κ2) is 6.93. The van der Waals surface area contributed by atoms with Crippen LogP contribution in [0, 0.1) is 17.2 Å². The zero-order valence-corrected chi connectivity index (χ0v) is 15.5. The Balaban J connectivity index is 1.77. The fourth-order valence-corrected chi connectivity index (χ4v) is 3.71. The van der Waals surface area contributed by atoms with Crippen LogP contribution in [0.25, 0.3) is 16.9 Å². The van der Waals surface area contributed by atoms with E-state index < -0.39 is 0 Å². The number of aromatic nitrogens is 2. The minimum absolute atomic E-state index is 0.151. The second-order valence-electron chi connectivity index (χ2n) is 7.10. The molecule has 4 rings (SSSR count). The number of nitriles is 1. The molecular formula is C21H22N4O2. The van der Waals surface area contributed by atoms with Gasteiger partial charge in [0.05, 0.1) is 25.0 Å². The quantitative estimate of drug-likeness (QED) is 0.771. The number of anilines is 1. The molecule has 1 aliphatic rings. The molecule has 1 fully saturated rings. The van der Waals surface area contributed by atoms with E-state index in [1.54, 1.807) is 12.1 Å². The lowest BCUT2D eigenvalue weighted by Gasteiger charge is -2.17. The van der Waals surface area contributed by atoms with Gasteiger partial charge in [-0.3, -0.25) is 0 Å². The minimum atomic E-state index is -0.151. The van der Waals surface area contributed by atoms with Crippen LogP contribution in [-0.2, 0) is 6.61 Å². The number of aliphatic hydroxyl groups excluding tert-OH is 1. The minimum Gasteiger partial charge on any atom is -0.495 e. The SMILES string of the molecule is COc1cc(CO)c(-c2cn3ccc(N4CCC(C)C4)cc3n2)cc1C#N. The van der Waals surface area contributed by atoms with Crippen molar-refractivity contribution >= 4 is 11.3 Å². The molecule has 1 aromatic carbocycles. The average Bonchev–Trinajstić information content (AvgIpc) is 3.32. The zero-order valence-electron chi connectivity index (χ0n) is 15.5. The van der Waals surface area contributed by atoms with Crippen LogP contribution in [0.1, 0.15) is 24.5 Å². The molecule has 0 aliphatic carbocycles. The van der Waals surface area contributed by atoms with E-state index in [0.29, 0.717) is 22.8 Å². The van der Waals surface area contributed by atoms with Crippen LogP contribution in [0.5, 0.6) is 5.75 Å². The van der Waals surface area contributed by atoms with Crippen molar-refractivity contribution in [3.8, 4) is 23.1 Å². The first-order valence-electron chi connectivity index (χ1n) is 9.09. The van der Waals surface area contributed by atoms with Gasteiger partial charge < -0.3 is 19.1 Å². The van der Waals surface area contributed by atoms with E-state index in [0.717, 1.165) is 30.0 Å². The molecule has 0 saturated carbocycles. The number of fused-ring (bicyclic) bond motifs is 1. The molecule has 6 nitrogen and oxygen atoms in total. The highest BCUT2D eigenvalue weighted by Crippen LogP contribution is 2.31. The molecule has 27 heavy (non-hydrogen) atoms. The standard InChI is InChI=1S/C21H22N4O2/c1-14-3-5-24(11-14)17-4-6-25-12-19(23-21(25)9-17)18-7-15(10-22)20(27-2)8-16(18)13-26/h4,6-9,12,14,26H,3,5,11,13H2,1-2H3. The monoisotopic (exact) mass is 362 g/mol. The number of ether oxygens (including phenoxy) is 1. The highest BCUT2D eigenvalue weighted by molar-refractivity contribution is 5.71. The highest BCUT2D eigenvalue weighted by Gasteiger charge is 2.20. The number of imidazole rings is 1. The molecule has 1 atom stereocenters. The summed E-state index contributed by atoms with van der Waals surface area (Å²) in [5.41, 5.74) is 4.61. The van der Waals surface area contributed by atoms with Crippen molar-refractivity contribution < 1.29 is 9.84 Å². The normalized spacial score (nSPS) is 16.7. The first kappa shape index (κ1) is 17.4. The van der Waals surface area contributed by atoms with E-state index in [4.69, 9.17) is 9.72 Å². The number of methoxy groups -OCH3 is 1. The third-order valence-electron chi connectivity index (χ3n) is 5.22. The molecule has 0 spiro atoms. The van der Waals surface area contributed by atoms with Gasteiger partial charge >= 0.3 is 0 Å². The lowest BCUT2D eigenvalue weighted by atomic mass is 10.0. The molecule has 3 aromatic rings. The number of benzene rings is 1. The van der Waals surface area contributed by atoms with Crippen LogP contribution in [0.3, 0.4) is 0 Å². The Labute approximate surface area is 158 Å². The van der Waals surface area contributed by atoms with Crippen LogP contribution in [0.4, 0.5) is 5.69 Å². The van der Waals surface area contributed by atoms with Gasteiger partial charge in [-0.1, -0.05) is 6.92 Å². The van der Waals surface area contributed by atoms with Gasteiger partial charge in [-0.05, 0) is 36.1 Å². The molecule has 0 amide bonds. The van der Waals surface area contributed by atoms with Crippen molar-refractivity contribution in [2.75, 3.05) is 25.1 Å². The number of aliphatic hydroxyl groups is 1. The summed E-state index contributed by atoms with van der Waals surface area (Å²) < 4.78 is 7.21. The summed E-state index contributed by atoms with van der Waals surface area (Å²) in [6, 6.07) is 9.78. The highest BCUT2D eigenvalue weighted by atomic mass is 16.5. The molecule has 6 heteroatoms. The summed E-state index contributed by atoms with van der Waals surface area (Å²) in [5, 5.41) is 19.2. The molecule has 0 bridgehead atoms. The summed E-state index contributed by atoms with van der Waals surface area (Å²) in [6.45, 7) is 4.27. The van der Waals surface area contributed by atoms with Gasteiger partial charge in [-0.2, -0.15) is 5.26 Å². The van der Waals surface area contributed by atoms with Gasteiger partial charge in [0.2, 0.25) is 0 Å². The Bertz CT molecular complexity index is 1030. The van der Waals surface area contributed by atoms with Crippen molar-refractivity contribution in [3.05, 3.63) is 47.8 Å². The number of hydrogen-bond donors (Lipinski definition) is 1. The molecule has 2 aromatic heterocycles. The molecule has 138 valence electrons. The fraction of sp³-hybridized carbons (Fsp3) is 0.333. The van der Waals surface area contributed by atoms with Gasteiger partial charge in [-0.15, -0.1) is 0 Å². The maximum atomic E-state index is 9.77. The lowest BCUT2D eigenvalue weighted by Crippen LogP contribution is -2.18. The van der Waals surface area contributed by atoms with Gasteiger partial charge in [0.1, 0.15) is 17.5 Å². The summed E-state index contributed by atoms with van der Waals surface area (Å²) in [5.74, 6) is 1.17. The molecule has 1 aliphatic heterocycles. The summed E-state index contributed by atoms with van der Waals surface area (Å²) in [4.78, 5) is 7.14. The number of pyridine rings is 1. The van der Waals surface area contributed by atoms with E-state index >= 15 is 0 Å². The van der Waals surface area contributed by atoms with E-state index in [1.165, 1.54) is 19.2 Å². The Morgan fingerprint density at radius 2 is 2.22 bits per heavy atom. The van der Waals surface area contributed by atoms with Crippen molar-refractivity contribution in [1.29, 1.82) is 5.26 Å². The van der Waals surface area contributed by atoms with Crippen molar-refractivity contribution in [2.45, 2.75) is 20.0 Å². The largest absolute Gasteiger partial charge is 0.495 e. The molecule has 3 heterocycles. The van der Waals surface area contributed by atoms with Gasteiger partial charge in [-0.25, -0.2) is 4.98 Å². The van der Waals surface area contributed by atoms with Gasteiger partial charge in [0.15, 0.2) is 0 Å². The Morgan fingerprint density at radius 3 is 2.89 bits per heavy atom. The van der Waals surface area contributed by atoms with Crippen molar-refractivity contribution in [3.63, 3.8) is 0 Å². The lowest BCUT2D eigenvalue weighted by molar-refractivity contribution is 0.281. The summed E-state index contributed by atoms with van der Waals surface area (Å²) >= 11 is 0. The van der Waals surface area contributed by atoms with E-state index in [-0.39, 0.29) is 6.61 Å². The molecule has 1 saturated heterocycles. The molecule has 0 radical (unpaired) electrons. The van der Waals surface area contributed by atoms with Crippen LogP contribution < -0.4 is 9.64 Å². The van der Waals surface area contributed by atoms with E-state index in [2.05, 4.69) is 30.0 Å². The fourth-order valence-electron chi connectivity index (χ4n) is 3.71. The molecule has 1 unspecified atom stereocenters. The van der Waals surface area contributed by atoms with Crippen molar-refractivity contribution in [1.82, 2.24) is 9.38 Å². The number of hydrogen-bond acceptors (Lipinski definition) is 5. The Kier molecular flexibility index (Phi) is 4.46. The maximum absolute atomic E-state index is 9.77. The predicted octanol–water partition coefficient (Wildman–Crippen LogP) is 3.22. The zero-order chi connectivity index (χ0) is 19.0. The molecular weight excluding hydrogens is 340 g/mol. The second-order valence-corrected chi connectivity index (χ2v) is 7.10. The summed E-state index contributed by atoms with van der Waals surface area (Å²) in [7, 11) is 1.52. The Morgan fingerprint density at radius 1 is 1.37 bits per heavy atom. The third-order valence-corrected chi connectivity index (χ3v) is 5.22.